The number of amides is 1. The monoisotopic (exact) mass is 269 g/mol. The zero-order valence-corrected chi connectivity index (χ0v) is 10.7. The van der Waals surface area contributed by atoms with Gasteiger partial charge in [0.2, 0.25) is 0 Å². The van der Waals surface area contributed by atoms with Crippen molar-refractivity contribution in [3.8, 4) is 0 Å². The van der Waals surface area contributed by atoms with Crippen molar-refractivity contribution < 1.29 is 19.2 Å². The van der Waals surface area contributed by atoms with Gasteiger partial charge in [0, 0.05) is 12.6 Å². The second-order valence-electron chi connectivity index (χ2n) is 3.64. The molecule has 1 aromatic heterocycles. The molecule has 0 spiro atoms. The predicted molar refractivity (Wildman–Crippen MR) is 65.7 cm³/mol. The summed E-state index contributed by atoms with van der Waals surface area (Å²) in [5, 5.41) is 10.5. The maximum absolute atomic E-state index is 12.0. The van der Waals surface area contributed by atoms with Crippen molar-refractivity contribution in [1.29, 1.82) is 0 Å². The van der Waals surface area contributed by atoms with Crippen LogP contribution in [0.5, 0.6) is 0 Å². The Morgan fingerprint density at radius 2 is 2.11 bits per heavy atom. The van der Waals surface area contributed by atoms with Gasteiger partial charge < -0.3 is 19.8 Å². The van der Waals surface area contributed by atoms with Crippen LogP contribution in [-0.4, -0.2) is 46.4 Å². The van der Waals surface area contributed by atoms with Crippen molar-refractivity contribution >= 4 is 17.7 Å². The molecule has 8 nitrogen and oxygen atoms in total. The number of hydrogen-bond acceptors (Lipinski definition) is 5. The largest absolute Gasteiger partial charge is 0.465 e. The maximum atomic E-state index is 12.0. The normalized spacial score (nSPS) is 10.0. The van der Waals surface area contributed by atoms with Crippen LogP contribution < -0.4 is 0 Å². The van der Waals surface area contributed by atoms with Gasteiger partial charge in [-0.3, -0.25) is 9.59 Å². The number of likely N-dealkylation sites (N-methyl/N-ethyl adjacent to an activating group) is 1. The lowest BCUT2D eigenvalue weighted by molar-refractivity contribution is -0.389. The van der Waals surface area contributed by atoms with Gasteiger partial charge in [-0.15, -0.1) is 0 Å². The van der Waals surface area contributed by atoms with E-state index < -0.39 is 16.8 Å². The molecule has 0 fully saturated rings. The van der Waals surface area contributed by atoms with E-state index in [0.29, 0.717) is 6.54 Å². The average Bonchev–Trinajstić information content (AvgIpc) is 2.85. The van der Waals surface area contributed by atoms with Crippen molar-refractivity contribution in [2.24, 2.45) is 0 Å². The van der Waals surface area contributed by atoms with E-state index in [4.69, 9.17) is 4.74 Å². The zero-order chi connectivity index (χ0) is 14.4. The molecule has 0 aliphatic rings. The number of H-pyrrole nitrogens is 1. The summed E-state index contributed by atoms with van der Waals surface area (Å²) in [5.41, 5.74) is 0.0675. The molecule has 0 saturated heterocycles. The van der Waals surface area contributed by atoms with Gasteiger partial charge in [0.1, 0.15) is 6.54 Å². The van der Waals surface area contributed by atoms with Crippen LogP contribution in [0.1, 0.15) is 24.3 Å². The number of hydrogen-bond donors (Lipinski definition) is 1. The number of aromatic nitrogens is 1. The van der Waals surface area contributed by atoms with Gasteiger partial charge in [0.25, 0.3) is 5.91 Å². The summed E-state index contributed by atoms with van der Waals surface area (Å²) in [6.07, 6.45) is 0. The third kappa shape index (κ3) is 3.80. The summed E-state index contributed by atoms with van der Waals surface area (Å²) < 4.78 is 4.75. The van der Waals surface area contributed by atoms with Crippen LogP contribution in [0.3, 0.4) is 0 Å². The standard InChI is InChI=1S/C11H15N3O5/c1-3-13(7-10(15)19-4-2)11(16)8-5-6-9(12-8)14(17)18/h5-6,12H,3-4,7H2,1-2H3. The highest BCUT2D eigenvalue weighted by Crippen LogP contribution is 2.12. The van der Waals surface area contributed by atoms with Gasteiger partial charge in [-0.25, -0.2) is 4.98 Å². The minimum absolute atomic E-state index is 0.0675. The highest BCUT2D eigenvalue weighted by Gasteiger charge is 2.22. The fraction of sp³-hybridized carbons (Fsp3) is 0.455. The van der Waals surface area contributed by atoms with Crippen molar-refractivity contribution in [2.75, 3.05) is 19.7 Å². The zero-order valence-electron chi connectivity index (χ0n) is 10.7. The quantitative estimate of drug-likeness (QED) is 0.470. The van der Waals surface area contributed by atoms with Gasteiger partial charge in [0.05, 0.1) is 6.61 Å². The smallest absolute Gasteiger partial charge is 0.325 e. The molecule has 0 aliphatic heterocycles. The molecule has 0 atom stereocenters. The predicted octanol–water partition coefficient (Wildman–Crippen LogP) is 0.948. The fourth-order valence-corrected chi connectivity index (χ4v) is 1.47. The number of ether oxygens (including phenoxy) is 1. The minimum Gasteiger partial charge on any atom is -0.465 e. The SMILES string of the molecule is CCOC(=O)CN(CC)C(=O)c1ccc([N+](=O)[O-])[nH]1. The van der Waals surface area contributed by atoms with Crippen LogP contribution in [0, 0.1) is 10.1 Å². The van der Waals surface area contributed by atoms with Crippen molar-refractivity contribution in [3.05, 3.63) is 27.9 Å². The Morgan fingerprint density at radius 3 is 2.58 bits per heavy atom. The van der Waals surface area contributed by atoms with Gasteiger partial charge in [-0.2, -0.15) is 0 Å². The molecule has 0 radical (unpaired) electrons. The van der Waals surface area contributed by atoms with E-state index in [1.165, 1.54) is 17.0 Å². The summed E-state index contributed by atoms with van der Waals surface area (Å²) in [7, 11) is 0. The maximum Gasteiger partial charge on any atom is 0.325 e. The topological polar surface area (TPSA) is 106 Å². The molecule has 1 amide bonds. The first-order valence-corrected chi connectivity index (χ1v) is 5.77. The Hall–Kier alpha value is -2.38. The summed E-state index contributed by atoms with van der Waals surface area (Å²) in [4.78, 5) is 36.9. The van der Waals surface area contributed by atoms with Crippen LogP contribution in [0.25, 0.3) is 0 Å². The van der Waals surface area contributed by atoms with Crippen LogP contribution in [0.4, 0.5) is 5.82 Å². The molecule has 0 aromatic carbocycles. The number of nitro groups is 1. The van der Waals surface area contributed by atoms with E-state index >= 15 is 0 Å². The number of nitrogens with one attached hydrogen (secondary N) is 1. The molecule has 0 saturated carbocycles. The van der Waals surface area contributed by atoms with E-state index in [-0.39, 0.29) is 24.7 Å². The molecule has 1 rings (SSSR count). The molecule has 104 valence electrons. The number of rotatable bonds is 6. The summed E-state index contributed by atoms with van der Waals surface area (Å²) >= 11 is 0. The highest BCUT2D eigenvalue weighted by atomic mass is 16.6. The van der Waals surface area contributed by atoms with E-state index in [1.807, 2.05) is 0 Å². The van der Waals surface area contributed by atoms with E-state index in [1.54, 1.807) is 13.8 Å². The van der Waals surface area contributed by atoms with Crippen LogP contribution >= 0.6 is 0 Å². The first kappa shape index (κ1) is 14.7. The number of carbonyl (C=O) groups excluding carboxylic acids is 2. The second kappa shape index (κ2) is 6.53. The van der Waals surface area contributed by atoms with Crippen LogP contribution in [0.2, 0.25) is 0 Å². The lowest BCUT2D eigenvalue weighted by Crippen LogP contribution is -2.36. The highest BCUT2D eigenvalue weighted by molar-refractivity contribution is 5.94. The molecule has 1 heterocycles. The number of carbonyl (C=O) groups is 2. The fourth-order valence-electron chi connectivity index (χ4n) is 1.47. The van der Waals surface area contributed by atoms with E-state index in [0.717, 1.165) is 0 Å². The van der Waals surface area contributed by atoms with E-state index in [9.17, 15) is 19.7 Å². The summed E-state index contributed by atoms with van der Waals surface area (Å²) in [5.74, 6) is -1.27. The lowest BCUT2D eigenvalue weighted by Gasteiger charge is -2.17. The van der Waals surface area contributed by atoms with Crippen molar-refractivity contribution in [1.82, 2.24) is 9.88 Å². The van der Waals surface area contributed by atoms with Crippen LogP contribution in [0.15, 0.2) is 12.1 Å². The summed E-state index contributed by atoms with van der Waals surface area (Å²) in [6.45, 7) is 3.72. The van der Waals surface area contributed by atoms with Crippen molar-refractivity contribution in [2.45, 2.75) is 13.8 Å². The molecule has 0 aliphatic carbocycles. The molecule has 19 heavy (non-hydrogen) atoms. The molecular formula is C11H15N3O5. The molecular weight excluding hydrogens is 254 g/mol. The molecule has 8 heteroatoms. The molecule has 1 aromatic rings. The van der Waals surface area contributed by atoms with Gasteiger partial charge in [0.15, 0.2) is 5.69 Å². The summed E-state index contributed by atoms with van der Waals surface area (Å²) in [6, 6.07) is 2.51. The molecule has 1 N–H and O–H groups in total. The lowest BCUT2D eigenvalue weighted by atomic mass is 10.3. The van der Waals surface area contributed by atoms with Crippen LogP contribution in [-0.2, 0) is 9.53 Å². The van der Waals surface area contributed by atoms with Gasteiger partial charge >= 0.3 is 11.8 Å². The number of esters is 1. The first-order chi connectivity index (χ1) is 8.99. The number of aromatic amines is 1. The average molecular weight is 269 g/mol. The van der Waals surface area contributed by atoms with Gasteiger partial charge in [-0.1, -0.05) is 0 Å². The third-order valence-electron chi connectivity index (χ3n) is 2.39. The minimum atomic E-state index is -0.627. The second-order valence-corrected chi connectivity index (χ2v) is 3.64. The Labute approximate surface area is 109 Å². The Balaban J connectivity index is 2.77. The van der Waals surface area contributed by atoms with Crippen molar-refractivity contribution in [3.63, 3.8) is 0 Å². The third-order valence-corrected chi connectivity index (χ3v) is 2.39. The first-order valence-electron chi connectivity index (χ1n) is 5.77. The van der Waals surface area contributed by atoms with Gasteiger partial charge in [-0.05, 0) is 24.8 Å². The molecule has 0 bridgehead atoms. The Kier molecular flexibility index (Phi) is 5.04. The Morgan fingerprint density at radius 1 is 1.42 bits per heavy atom. The number of nitrogens with zero attached hydrogens (tertiary/aromatic N) is 2. The Bertz CT molecular complexity index is 482. The van der Waals surface area contributed by atoms with E-state index in [2.05, 4.69) is 4.98 Å². The molecule has 0 unspecified atom stereocenters.